The quantitative estimate of drug-likeness (QED) is 0.748. The molecule has 132 valence electrons. The number of carbonyl (C=O) groups excluding carboxylic acids is 1. The number of nitrogens with two attached hydrogens (primary N) is 1. The van der Waals surface area contributed by atoms with Crippen molar-refractivity contribution in [2.45, 2.75) is 18.9 Å². The van der Waals surface area contributed by atoms with Gasteiger partial charge in [-0.3, -0.25) is 9.59 Å². The first-order valence-corrected chi connectivity index (χ1v) is 8.75. The lowest BCUT2D eigenvalue weighted by molar-refractivity contribution is 0.0784. The molecule has 5 heteroatoms. The van der Waals surface area contributed by atoms with Crippen molar-refractivity contribution in [1.29, 1.82) is 0 Å². The fraction of sp³-hybridized carbons (Fsp3) is 0.238. The van der Waals surface area contributed by atoms with Gasteiger partial charge in [-0.1, -0.05) is 48.5 Å². The SMILES string of the molecule is Cc1c(C(=O)N2CCC(N)(c3ccccc3)C2)c2ccccc2[nH]c1=O. The number of carbonyl (C=O) groups is 1. The van der Waals surface area contributed by atoms with Crippen LogP contribution in [0, 0.1) is 6.92 Å². The molecule has 2 aromatic carbocycles. The van der Waals surface area contributed by atoms with Crippen LogP contribution in [0.4, 0.5) is 0 Å². The molecule has 1 aromatic heterocycles. The van der Waals surface area contributed by atoms with Crippen LogP contribution in [-0.2, 0) is 5.54 Å². The molecule has 1 fully saturated rings. The van der Waals surface area contributed by atoms with E-state index < -0.39 is 5.54 Å². The maximum atomic E-state index is 13.3. The first kappa shape index (κ1) is 16.5. The van der Waals surface area contributed by atoms with E-state index in [9.17, 15) is 9.59 Å². The van der Waals surface area contributed by atoms with Gasteiger partial charge in [0, 0.05) is 29.6 Å². The number of nitrogens with zero attached hydrogens (tertiary/aromatic N) is 1. The van der Waals surface area contributed by atoms with Crippen molar-refractivity contribution in [3.8, 4) is 0 Å². The van der Waals surface area contributed by atoms with Gasteiger partial charge in [0.2, 0.25) is 0 Å². The molecule has 5 nitrogen and oxygen atoms in total. The highest BCUT2D eigenvalue weighted by molar-refractivity contribution is 6.07. The van der Waals surface area contributed by atoms with Crippen LogP contribution in [0.1, 0.15) is 27.9 Å². The van der Waals surface area contributed by atoms with Crippen LogP contribution in [0.3, 0.4) is 0 Å². The maximum absolute atomic E-state index is 13.3. The standard InChI is InChI=1S/C21H21N3O2/c1-14-18(16-9-5-6-10-17(16)23-19(14)25)20(26)24-12-11-21(22,13-24)15-7-3-2-4-8-15/h2-10H,11-13,22H2,1H3,(H,23,25). The highest BCUT2D eigenvalue weighted by Gasteiger charge is 2.39. The molecule has 26 heavy (non-hydrogen) atoms. The molecule has 1 atom stereocenters. The number of hydrogen-bond donors (Lipinski definition) is 2. The number of amides is 1. The molecule has 1 saturated heterocycles. The van der Waals surface area contributed by atoms with Gasteiger partial charge in [-0.15, -0.1) is 0 Å². The summed E-state index contributed by atoms with van der Waals surface area (Å²) in [5, 5.41) is 0.767. The van der Waals surface area contributed by atoms with Crippen molar-refractivity contribution < 1.29 is 4.79 Å². The Kier molecular flexibility index (Phi) is 3.89. The minimum absolute atomic E-state index is 0.131. The predicted octanol–water partition coefficient (Wildman–Crippen LogP) is 2.54. The molecule has 0 bridgehead atoms. The molecule has 1 aliphatic rings. The zero-order valence-electron chi connectivity index (χ0n) is 14.7. The first-order valence-electron chi connectivity index (χ1n) is 8.75. The van der Waals surface area contributed by atoms with Crippen molar-refractivity contribution in [3.63, 3.8) is 0 Å². The van der Waals surface area contributed by atoms with Crippen LogP contribution in [0.15, 0.2) is 59.4 Å². The minimum Gasteiger partial charge on any atom is -0.336 e. The molecule has 1 unspecified atom stereocenters. The molecule has 0 saturated carbocycles. The first-order chi connectivity index (χ1) is 12.5. The van der Waals surface area contributed by atoms with E-state index in [0.717, 1.165) is 10.9 Å². The van der Waals surface area contributed by atoms with E-state index >= 15 is 0 Å². The smallest absolute Gasteiger partial charge is 0.255 e. The van der Waals surface area contributed by atoms with Crippen molar-refractivity contribution in [3.05, 3.63) is 81.6 Å². The Hall–Kier alpha value is -2.92. The highest BCUT2D eigenvalue weighted by atomic mass is 16.2. The Bertz CT molecular complexity index is 1040. The number of aromatic nitrogens is 1. The van der Waals surface area contributed by atoms with Gasteiger partial charge in [0.25, 0.3) is 11.5 Å². The van der Waals surface area contributed by atoms with E-state index in [4.69, 9.17) is 5.73 Å². The zero-order chi connectivity index (χ0) is 18.3. The van der Waals surface area contributed by atoms with Gasteiger partial charge in [-0.05, 0) is 25.0 Å². The molecule has 0 aliphatic carbocycles. The summed E-state index contributed by atoms with van der Waals surface area (Å²) in [6, 6.07) is 17.3. The van der Waals surface area contributed by atoms with Crippen LogP contribution in [-0.4, -0.2) is 28.9 Å². The Morgan fingerprint density at radius 2 is 1.81 bits per heavy atom. The largest absolute Gasteiger partial charge is 0.336 e. The lowest BCUT2D eigenvalue weighted by Crippen LogP contribution is -2.41. The van der Waals surface area contributed by atoms with Gasteiger partial charge in [0.1, 0.15) is 0 Å². The zero-order valence-corrected chi connectivity index (χ0v) is 14.7. The average Bonchev–Trinajstić information content (AvgIpc) is 3.07. The lowest BCUT2D eigenvalue weighted by atomic mass is 9.90. The van der Waals surface area contributed by atoms with E-state index in [0.29, 0.717) is 36.2 Å². The third kappa shape index (κ3) is 2.61. The Balaban J connectivity index is 1.73. The molecule has 3 aromatic rings. The number of benzene rings is 2. The molecular formula is C21H21N3O2. The van der Waals surface area contributed by atoms with Crippen molar-refractivity contribution in [2.24, 2.45) is 5.73 Å². The molecule has 3 N–H and O–H groups in total. The van der Waals surface area contributed by atoms with E-state index in [1.54, 1.807) is 11.8 Å². The molecular weight excluding hydrogens is 326 g/mol. The van der Waals surface area contributed by atoms with E-state index in [1.165, 1.54) is 0 Å². The van der Waals surface area contributed by atoms with Gasteiger partial charge >= 0.3 is 0 Å². The third-order valence-corrected chi connectivity index (χ3v) is 5.31. The van der Waals surface area contributed by atoms with E-state index in [2.05, 4.69) is 4.98 Å². The Morgan fingerprint density at radius 3 is 2.58 bits per heavy atom. The molecule has 2 heterocycles. The second-order valence-corrected chi connectivity index (χ2v) is 7.00. The number of likely N-dealkylation sites (tertiary alicyclic amines) is 1. The minimum atomic E-state index is -0.554. The summed E-state index contributed by atoms with van der Waals surface area (Å²) in [4.78, 5) is 30.1. The van der Waals surface area contributed by atoms with Gasteiger partial charge in [-0.25, -0.2) is 0 Å². The van der Waals surface area contributed by atoms with Crippen LogP contribution in [0.5, 0.6) is 0 Å². The molecule has 4 rings (SSSR count). The predicted molar refractivity (Wildman–Crippen MR) is 102 cm³/mol. The Labute approximate surface area is 151 Å². The average molecular weight is 347 g/mol. The molecule has 0 radical (unpaired) electrons. The van der Waals surface area contributed by atoms with Crippen molar-refractivity contribution in [1.82, 2.24) is 9.88 Å². The number of nitrogens with one attached hydrogen (secondary N) is 1. The number of rotatable bonds is 2. The Morgan fingerprint density at radius 1 is 1.12 bits per heavy atom. The number of hydrogen-bond acceptors (Lipinski definition) is 3. The number of fused-ring (bicyclic) bond motifs is 1. The highest BCUT2D eigenvalue weighted by Crippen LogP contribution is 2.31. The topological polar surface area (TPSA) is 79.2 Å². The summed E-state index contributed by atoms with van der Waals surface area (Å²) >= 11 is 0. The second kappa shape index (κ2) is 6.11. The number of aromatic amines is 1. The van der Waals surface area contributed by atoms with Crippen LogP contribution < -0.4 is 11.3 Å². The molecule has 1 aliphatic heterocycles. The molecule has 1 amide bonds. The maximum Gasteiger partial charge on any atom is 0.255 e. The summed E-state index contributed by atoms with van der Waals surface area (Å²) in [5.41, 5.74) is 8.45. The number of H-pyrrole nitrogens is 1. The van der Waals surface area contributed by atoms with Crippen molar-refractivity contribution in [2.75, 3.05) is 13.1 Å². The van der Waals surface area contributed by atoms with Crippen LogP contribution in [0.2, 0.25) is 0 Å². The monoisotopic (exact) mass is 347 g/mol. The summed E-state index contributed by atoms with van der Waals surface area (Å²) < 4.78 is 0. The van der Waals surface area contributed by atoms with Gasteiger partial charge in [0.15, 0.2) is 0 Å². The summed E-state index contributed by atoms with van der Waals surface area (Å²) in [7, 11) is 0. The fourth-order valence-corrected chi connectivity index (χ4v) is 3.79. The summed E-state index contributed by atoms with van der Waals surface area (Å²) in [6.07, 6.45) is 0.697. The number of pyridine rings is 1. The lowest BCUT2D eigenvalue weighted by Gasteiger charge is -2.25. The summed E-state index contributed by atoms with van der Waals surface area (Å²) in [6.45, 7) is 2.71. The van der Waals surface area contributed by atoms with Crippen molar-refractivity contribution >= 4 is 16.8 Å². The van der Waals surface area contributed by atoms with Crippen LogP contribution >= 0.6 is 0 Å². The van der Waals surface area contributed by atoms with Gasteiger partial charge in [0.05, 0.1) is 11.1 Å². The van der Waals surface area contributed by atoms with E-state index in [-0.39, 0.29) is 11.5 Å². The summed E-state index contributed by atoms with van der Waals surface area (Å²) in [5.74, 6) is -0.131. The van der Waals surface area contributed by atoms with Crippen LogP contribution in [0.25, 0.3) is 10.9 Å². The second-order valence-electron chi connectivity index (χ2n) is 7.00. The number of para-hydroxylation sites is 1. The fourth-order valence-electron chi connectivity index (χ4n) is 3.79. The van der Waals surface area contributed by atoms with Gasteiger partial charge in [-0.2, -0.15) is 0 Å². The van der Waals surface area contributed by atoms with E-state index in [1.807, 2.05) is 54.6 Å². The molecule has 0 spiro atoms. The normalized spacial score (nSPS) is 19.8. The third-order valence-electron chi connectivity index (χ3n) is 5.31. The van der Waals surface area contributed by atoms with Gasteiger partial charge < -0.3 is 15.6 Å².